The van der Waals surface area contributed by atoms with Crippen molar-refractivity contribution in [2.24, 2.45) is 11.0 Å². The second-order valence-corrected chi connectivity index (χ2v) is 12.8. The van der Waals surface area contributed by atoms with Crippen molar-refractivity contribution in [3.63, 3.8) is 0 Å². The summed E-state index contributed by atoms with van der Waals surface area (Å²) >= 11 is 3.41. The number of carbonyl (C=O) groups excluding carboxylic acids is 2. The van der Waals surface area contributed by atoms with Gasteiger partial charge in [-0.2, -0.15) is 5.10 Å². The van der Waals surface area contributed by atoms with Gasteiger partial charge in [-0.05, 0) is 18.6 Å². The lowest BCUT2D eigenvalue weighted by molar-refractivity contribution is -0.150. The molecule has 9 N–H and O–H groups in total. The van der Waals surface area contributed by atoms with Gasteiger partial charge < -0.3 is 31.2 Å². The van der Waals surface area contributed by atoms with Crippen molar-refractivity contribution in [3.8, 4) is 0 Å². The second-order valence-electron chi connectivity index (χ2n) is 9.84. The van der Waals surface area contributed by atoms with Gasteiger partial charge in [0.1, 0.15) is 39.8 Å². The highest BCUT2D eigenvalue weighted by atomic mass is 32.2. The van der Waals surface area contributed by atoms with Crippen LogP contribution in [-0.2, 0) is 24.0 Å². The molecule has 2 unspecified atom stereocenters. The molecule has 3 atom stereocenters. The third-order valence-electron chi connectivity index (χ3n) is 6.64. The molecule has 0 spiro atoms. The molecule has 46 heavy (non-hydrogen) atoms. The van der Waals surface area contributed by atoms with Gasteiger partial charge in [0.15, 0.2) is 16.5 Å². The molecule has 0 bridgehead atoms. The number of β-lactam (4-membered cyclic amide) rings is 1. The Morgan fingerprint density at radius 1 is 1.26 bits per heavy atom. The lowest BCUT2D eigenvalue weighted by Crippen LogP contribution is -2.71. The molecular formula is C24H24N10O9S3. The van der Waals surface area contributed by atoms with E-state index in [4.69, 9.17) is 21.5 Å². The Bertz CT molecular complexity index is 1830. The summed E-state index contributed by atoms with van der Waals surface area (Å²) in [5, 5.41) is 40.2. The number of thiazole rings is 1. The van der Waals surface area contributed by atoms with E-state index >= 15 is 0 Å². The summed E-state index contributed by atoms with van der Waals surface area (Å²) < 4.78 is 1.33. The minimum atomic E-state index is -1.71. The number of amides is 2. The zero-order valence-corrected chi connectivity index (χ0v) is 25.9. The molecule has 0 radical (unpaired) electrons. The second kappa shape index (κ2) is 12.9. The molecule has 1 fully saturated rings. The number of hydrogen-bond donors (Lipinski definition) is 7. The monoisotopic (exact) mass is 692 g/mol. The minimum Gasteiger partial charge on any atom is -0.481 e. The van der Waals surface area contributed by atoms with Crippen molar-refractivity contribution in [1.82, 2.24) is 35.2 Å². The van der Waals surface area contributed by atoms with E-state index in [9.17, 15) is 34.2 Å². The Balaban J connectivity index is 1.34. The molecule has 0 saturated carbocycles. The first-order valence-electron chi connectivity index (χ1n) is 12.9. The number of fused-ring (bicyclic) bond motifs is 2. The number of aromatic carboxylic acids is 1. The van der Waals surface area contributed by atoms with E-state index in [0.717, 1.165) is 16.2 Å². The van der Waals surface area contributed by atoms with Crippen LogP contribution < -0.4 is 22.3 Å². The van der Waals surface area contributed by atoms with Crippen molar-refractivity contribution < 1.29 is 44.1 Å². The summed E-state index contributed by atoms with van der Waals surface area (Å²) in [7, 11) is 0. The van der Waals surface area contributed by atoms with Crippen LogP contribution in [0.3, 0.4) is 0 Å². The Labute approximate surface area is 270 Å². The molecule has 0 aromatic carbocycles. The zero-order chi connectivity index (χ0) is 33.3. The van der Waals surface area contributed by atoms with Gasteiger partial charge in [-0.15, -0.1) is 34.9 Å². The van der Waals surface area contributed by atoms with Crippen molar-refractivity contribution in [2.45, 2.75) is 35.5 Å². The molecule has 2 amide bonds. The molecule has 5 heterocycles. The predicted octanol–water partition coefficient (Wildman–Crippen LogP) is -0.628. The molecule has 0 aliphatic carbocycles. The van der Waals surface area contributed by atoms with Gasteiger partial charge >= 0.3 is 17.9 Å². The molecule has 5 rings (SSSR count). The number of aliphatic carboxylic acids is 2. The highest BCUT2D eigenvalue weighted by Gasteiger charge is 2.54. The van der Waals surface area contributed by atoms with Crippen LogP contribution in [0.5, 0.6) is 0 Å². The first-order chi connectivity index (χ1) is 21.8. The summed E-state index contributed by atoms with van der Waals surface area (Å²) in [5.74, 6) is 0.353. The fraction of sp³-hybridized carbons (Fsp3) is 0.292. The lowest BCUT2D eigenvalue weighted by atomic mass is 10.0. The van der Waals surface area contributed by atoms with Crippen molar-refractivity contribution >= 4 is 81.1 Å². The smallest absolute Gasteiger partial charge is 0.352 e. The predicted molar refractivity (Wildman–Crippen MR) is 162 cm³/mol. The number of hydrazine groups is 1. The number of aromatic nitrogens is 4. The first-order valence-corrected chi connectivity index (χ1v) is 15.8. The first kappa shape index (κ1) is 32.6. The van der Waals surface area contributed by atoms with Gasteiger partial charge in [-0.3, -0.25) is 25.1 Å². The number of nitrogens with two attached hydrogens (primary N) is 2. The van der Waals surface area contributed by atoms with E-state index in [1.807, 2.05) is 0 Å². The third-order valence-corrected chi connectivity index (χ3v) is 9.75. The number of rotatable bonds is 13. The fourth-order valence-electron chi connectivity index (χ4n) is 4.44. The average molecular weight is 693 g/mol. The lowest BCUT2D eigenvalue weighted by Gasteiger charge is -2.49. The van der Waals surface area contributed by atoms with E-state index in [-0.39, 0.29) is 39.2 Å². The van der Waals surface area contributed by atoms with E-state index < -0.39 is 59.0 Å². The zero-order valence-electron chi connectivity index (χ0n) is 23.4. The summed E-state index contributed by atoms with van der Waals surface area (Å²) in [6.07, 6.45) is 1.95. The van der Waals surface area contributed by atoms with Crippen molar-refractivity contribution in [3.05, 3.63) is 46.4 Å². The van der Waals surface area contributed by atoms with Crippen molar-refractivity contribution in [2.75, 3.05) is 17.2 Å². The summed E-state index contributed by atoms with van der Waals surface area (Å²) in [6.45, 7) is 1.29. The maximum atomic E-state index is 13.4. The quantitative estimate of drug-likeness (QED) is 0.0223. The Morgan fingerprint density at radius 3 is 2.65 bits per heavy atom. The number of thioether (sulfide) groups is 2. The van der Waals surface area contributed by atoms with Gasteiger partial charge in [0.05, 0.1) is 6.20 Å². The third kappa shape index (κ3) is 6.32. The van der Waals surface area contributed by atoms with Crippen LogP contribution in [-0.4, -0.2) is 104 Å². The molecule has 242 valence electrons. The Morgan fingerprint density at radius 2 is 2.02 bits per heavy atom. The topological polar surface area (TPSA) is 290 Å². The number of oxime groups is 1. The van der Waals surface area contributed by atoms with Crippen LogP contribution in [0.1, 0.15) is 29.4 Å². The fourth-order valence-corrected chi connectivity index (χ4v) is 7.44. The number of carboxylic acid groups (broad SMARTS) is 3. The average Bonchev–Trinajstić information content (AvgIpc) is 3.64. The normalized spacial score (nSPS) is 19.3. The number of carboxylic acids is 3. The maximum absolute atomic E-state index is 13.4. The van der Waals surface area contributed by atoms with Crippen LogP contribution in [0, 0.1) is 0 Å². The van der Waals surface area contributed by atoms with Gasteiger partial charge in [-0.25, -0.2) is 29.5 Å². The molecule has 22 heteroatoms. The van der Waals surface area contributed by atoms with E-state index in [2.05, 4.69) is 31.0 Å². The van der Waals surface area contributed by atoms with Gasteiger partial charge in [0, 0.05) is 23.1 Å². The molecule has 1 saturated heterocycles. The summed E-state index contributed by atoms with van der Waals surface area (Å²) in [6, 6.07) is 0.460. The summed E-state index contributed by atoms with van der Waals surface area (Å²) in [5.41, 5.74) is 5.96. The molecule has 3 aromatic heterocycles. The van der Waals surface area contributed by atoms with Crippen LogP contribution in [0.15, 0.2) is 45.3 Å². The molecular weight excluding hydrogens is 669 g/mol. The van der Waals surface area contributed by atoms with Crippen molar-refractivity contribution in [1.29, 1.82) is 0 Å². The van der Waals surface area contributed by atoms with Gasteiger partial charge in [0.2, 0.25) is 5.72 Å². The number of nitrogens with zero attached hydrogens (tertiary/aromatic N) is 6. The molecule has 3 aromatic rings. The van der Waals surface area contributed by atoms with Crippen LogP contribution in [0.25, 0.3) is 5.65 Å². The SMILES string of the molecule is CC(CC(=O)O)(NN)ON=C(C(=O)NC1C(=O)N2C(C(=O)O)=C(CSc3ccnc4c(C(=O)O)cnn34)CS[C@H]12)c1csc(N)n1. The number of anilines is 1. The van der Waals surface area contributed by atoms with Crippen LogP contribution >= 0.6 is 34.9 Å². The van der Waals surface area contributed by atoms with E-state index in [1.165, 1.54) is 52.7 Å². The van der Waals surface area contributed by atoms with E-state index in [1.54, 1.807) is 6.07 Å². The molecule has 2 aliphatic heterocycles. The maximum Gasteiger partial charge on any atom is 0.352 e. The molecule has 2 aliphatic rings. The standard InChI is InChI=1S/C24H24N10O9S3/c1-24(32-26,4-13(35)36)43-31-14(11-8-46-23(25)29-11)18(37)30-15-19(38)33-16(22(41)42)9(7-45-20(15)33)6-44-12-2-3-27-17-10(21(39)40)5-28-34(12)17/h2-3,5,8,15,20,32H,4,6-7,26H2,1H3,(H2,25,29)(H,30,37)(H,35,36)(H,39,40)(H,41,42)/t15?,20-,24?/m1/s1. The highest BCUT2D eigenvalue weighted by Crippen LogP contribution is 2.41. The summed E-state index contributed by atoms with van der Waals surface area (Å²) in [4.78, 5) is 76.1. The number of carbonyl (C=O) groups is 5. The highest BCUT2D eigenvalue weighted by molar-refractivity contribution is 8.01. The van der Waals surface area contributed by atoms with Gasteiger partial charge in [-0.1, -0.05) is 5.16 Å². The minimum absolute atomic E-state index is 0.0158. The Kier molecular flexibility index (Phi) is 9.16. The van der Waals surface area contributed by atoms with Crippen LogP contribution in [0.2, 0.25) is 0 Å². The van der Waals surface area contributed by atoms with E-state index in [0.29, 0.717) is 10.6 Å². The van der Waals surface area contributed by atoms with Gasteiger partial charge in [0.25, 0.3) is 11.8 Å². The molecule has 19 nitrogen and oxygen atoms in total. The number of nitrogens with one attached hydrogen (secondary N) is 2. The number of nitrogen functional groups attached to an aromatic ring is 1. The number of hydrogen-bond acceptors (Lipinski definition) is 16. The Hall–Kier alpha value is -4.77. The largest absolute Gasteiger partial charge is 0.481 e. The van der Waals surface area contributed by atoms with Crippen LogP contribution in [0.4, 0.5) is 5.13 Å².